The second-order valence-corrected chi connectivity index (χ2v) is 6.49. The van der Waals surface area contributed by atoms with Crippen molar-refractivity contribution in [2.75, 3.05) is 13.2 Å². The van der Waals surface area contributed by atoms with Crippen LogP contribution < -0.4 is 5.73 Å². The number of nitrogens with one attached hydrogen (secondary N) is 1. The number of nitrogens with zero attached hydrogens (tertiary/aromatic N) is 1. The molecule has 2 aliphatic rings. The third-order valence-electron chi connectivity index (χ3n) is 4.75. The van der Waals surface area contributed by atoms with Gasteiger partial charge in [0.15, 0.2) is 0 Å². The summed E-state index contributed by atoms with van der Waals surface area (Å²) in [5, 5.41) is 7.43. The molecule has 1 aliphatic heterocycles. The normalized spacial score (nSPS) is 26.4. The average molecular weight is 267 g/mol. The predicted octanol–water partition coefficient (Wildman–Crippen LogP) is 2.51. The minimum Gasteiger partial charge on any atom is -0.388 e. The zero-order valence-electron chi connectivity index (χ0n) is 12.5. The van der Waals surface area contributed by atoms with E-state index in [1.54, 1.807) is 0 Å². The maximum atomic E-state index is 7.43. The Labute approximate surface area is 117 Å². The van der Waals surface area contributed by atoms with Gasteiger partial charge in [-0.15, -0.1) is 0 Å². The molecule has 1 aliphatic carbocycles. The third kappa shape index (κ3) is 3.69. The van der Waals surface area contributed by atoms with Gasteiger partial charge in [0.2, 0.25) is 0 Å². The summed E-state index contributed by atoms with van der Waals surface area (Å²) in [7, 11) is 0. The minimum atomic E-state index is 0.173. The van der Waals surface area contributed by atoms with Crippen molar-refractivity contribution in [1.29, 1.82) is 5.41 Å². The van der Waals surface area contributed by atoms with Crippen molar-refractivity contribution >= 4 is 5.84 Å². The smallest absolute Gasteiger partial charge is 0.0918 e. The van der Waals surface area contributed by atoms with Crippen molar-refractivity contribution in [3.05, 3.63) is 0 Å². The Hall–Kier alpha value is -0.610. The van der Waals surface area contributed by atoms with E-state index in [1.807, 2.05) is 0 Å². The maximum absolute atomic E-state index is 7.43. The highest BCUT2D eigenvalue weighted by Crippen LogP contribution is 2.41. The summed E-state index contributed by atoms with van der Waals surface area (Å²) in [6.45, 7) is 6.30. The summed E-state index contributed by atoms with van der Waals surface area (Å²) in [6.07, 6.45) is 8.09. The van der Waals surface area contributed by atoms with E-state index in [9.17, 15) is 0 Å². The Balaban J connectivity index is 1.98. The molecule has 0 aromatic heterocycles. The zero-order valence-corrected chi connectivity index (χ0v) is 12.5. The van der Waals surface area contributed by atoms with Gasteiger partial charge < -0.3 is 10.5 Å². The molecule has 4 nitrogen and oxygen atoms in total. The van der Waals surface area contributed by atoms with Crippen LogP contribution in [0.15, 0.2) is 0 Å². The molecule has 0 radical (unpaired) electrons. The van der Waals surface area contributed by atoms with Gasteiger partial charge >= 0.3 is 0 Å². The second kappa shape index (κ2) is 6.23. The van der Waals surface area contributed by atoms with E-state index in [2.05, 4.69) is 18.7 Å². The maximum Gasteiger partial charge on any atom is 0.0918 e. The van der Waals surface area contributed by atoms with Crippen molar-refractivity contribution in [2.45, 2.75) is 76.5 Å². The lowest BCUT2D eigenvalue weighted by Gasteiger charge is -2.44. The van der Waals surface area contributed by atoms with Crippen molar-refractivity contribution < 1.29 is 4.74 Å². The van der Waals surface area contributed by atoms with Gasteiger partial charge in [0, 0.05) is 31.7 Å². The molecule has 0 bridgehead atoms. The molecule has 2 rings (SSSR count). The molecule has 0 aromatic rings. The van der Waals surface area contributed by atoms with Crippen LogP contribution in [0.3, 0.4) is 0 Å². The van der Waals surface area contributed by atoms with E-state index >= 15 is 0 Å². The van der Waals surface area contributed by atoms with E-state index in [1.165, 1.54) is 32.1 Å². The quantitative estimate of drug-likeness (QED) is 0.594. The summed E-state index contributed by atoms with van der Waals surface area (Å²) in [5.41, 5.74) is 5.69. The van der Waals surface area contributed by atoms with Crippen molar-refractivity contribution in [3.8, 4) is 0 Å². The molecule has 1 saturated heterocycles. The number of nitrogens with two attached hydrogens (primary N) is 1. The number of hydrogen-bond acceptors (Lipinski definition) is 3. The fourth-order valence-electron chi connectivity index (χ4n) is 3.76. The van der Waals surface area contributed by atoms with Gasteiger partial charge in [0.25, 0.3) is 0 Å². The summed E-state index contributed by atoms with van der Waals surface area (Å²) in [5.74, 6) is 0.299. The van der Waals surface area contributed by atoms with Crippen LogP contribution in [0.2, 0.25) is 0 Å². The monoisotopic (exact) mass is 267 g/mol. The summed E-state index contributed by atoms with van der Waals surface area (Å²) < 4.78 is 6.12. The lowest BCUT2D eigenvalue weighted by atomic mass is 9.87. The van der Waals surface area contributed by atoms with Crippen LogP contribution in [-0.2, 0) is 4.74 Å². The highest BCUT2D eigenvalue weighted by molar-refractivity contribution is 5.76. The van der Waals surface area contributed by atoms with Crippen LogP contribution >= 0.6 is 0 Å². The fraction of sp³-hybridized carbons (Fsp3) is 0.933. The first-order valence-corrected chi connectivity index (χ1v) is 7.75. The van der Waals surface area contributed by atoms with Gasteiger partial charge in [-0.25, -0.2) is 0 Å². The van der Waals surface area contributed by atoms with Crippen LogP contribution in [0.1, 0.15) is 58.8 Å². The average Bonchev–Trinajstić information content (AvgIpc) is 2.77. The Morgan fingerprint density at radius 2 is 2.11 bits per heavy atom. The lowest BCUT2D eigenvalue weighted by molar-refractivity contribution is -0.105. The first-order valence-electron chi connectivity index (χ1n) is 7.75. The summed E-state index contributed by atoms with van der Waals surface area (Å²) in [6, 6.07) is 1.12. The number of rotatable bonds is 5. The number of hydrogen-bond donors (Lipinski definition) is 2. The second-order valence-electron chi connectivity index (χ2n) is 6.49. The predicted molar refractivity (Wildman–Crippen MR) is 78.5 cm³/mol. The van der Waals surface area contributed by atoms with Crippen molar-refractivity contribution in [2.24, 2.45) is 5.73 Å². The van der Waals surface area contributed by atoms with Gasteiger partial charge in [0.1, 0.15) is 0 Å². The van der Waals surface area contributed by atoms with Gasteiger partial charge in [-0.3, -0.25) is 10.3 Å². The summed E-state index contributed by atoms with van der Waals surface area (Å²) in [4.78, 5) is 2.53. The molecule has 3 N–H and O–H groups in total. The highest BCUT2D eigenvalue weighted by atomic mass is 16.5. The van der Waals surface area contributed by atoms with Gasteiger partial charge in [-0.05, 0) is 39.5 Å². The fourth-order valence-corrected chi connectivity index (χ4v) is 3.76. The van der Waals surface area contributed by atoms with E-state index < -0.39 is 0 Å². The molecule has 1 spiro atoms. The van der Waals surface area contributed by atoms with Gasteiger partial charge in [-0.1, -0.05) is 12.8 Å². The molecular formula is C15H29N3O. The van der Waals surface area contributed by atoms with Crippen LogP contribution in [0.4, 0.5) is 0 Å². The first-order chi connectivity index (χ1) is 9.02. The van der Waals surface area contributed by atoms with E-state index in [0.29, 0.717) is 24.3 Å². The van der Waals surface area contributed by atoms with Crippen molar-refractivity contribution in [3.63, 3.8) is 0 Å². The minimum absolute atomic E-state index is 0.173. The Morgan fingerprint density at radius 1 is 1.42 bits per heavy atom. The van der Waals surface area contributed by atoms with Gasteiger partial charge in [-0.2, -0.15) is 0 Å². The highest BCUT2D eigenvalue weighted by Gasteiger charge is 2.41. The zero-order chi connectivity index (χ0) is 13.9. The largest absolute Gasteiger partial charge is 0.388 e. The van der Waals surface area contributed by atoms with Crippen LogP contribution in [-0.4, -0.2) is 41.6 Å². The molecule has 1 atom stereocenters. The molecule has 0 aromatic carbocycles. The van der Waals surface area contributed by atoms with Crippen LogP contribution in [0.5, 0.6) is 0 Å². The molecule has 4 heteroatoms. The molecular weight excluding hydrogens is 238 g/mol. The molecule has 110 valence electrons. The topological polar surface area (TPSA) is 62.3 Å². The molecule has 1 unspecified atom stereocenters. The van der Waals surface area contributed by atoms with Crippen LogP contribution in [0.25, 0.3) is 0 Å². The molecule has 1 saturated carbocycles. The first kappa shape index (κ1) is 14.8. The third-order valence-corrected chi connectivity index (χ3v) is 4.75. The van der Waals surface area contributed by atoms with Crippen molar-refractivity contribution in [1.82, 2.24) is 4.90 Å². The van der Waals surface area contributed by atoms with E-state index in [4.69, 9.17) is 15.9 Å². The van der Waals surface area contributed by atoms with E-state index in [0.717, 1.165) is 19.6 Å². The Kier molecular flexibility index (Phi) is 4.85. The Bertz CT molecular complexity index is 311. The molecule has 0 amide bonds. The molecule has 1 heterocycles. The number of ether oxygens (including phenoxy) is 1. The Morgan fingerprint density at radius 3 is 2.68 bits per heavy atom. The molecule has 2 fully saturated rings. The lowest BCUT2D eigenvalue weighted by Crippen LogP contribution is -2.50. The summed E-state index contributed by atoms with van der Waals surface area (Å²) >= 11 is 0. The van der Waals surface area contributed by atoms with E-state index in [-0.39, 0.29) is 5.60 Å². The SMILES string of the molecule is CC(C)N(CCC(=N)N)C1CCOC2(CCCC2)C1. The molecule has 19 heavy (non-hydrogen) atoms. The number of amidine groups is 1. The van der Waals surface area contributed by atoms with Gasteiger partial charge in [0.05, 0.1) is 11.4 Å². The van der Waals surface area contributed by atoms with Crippen LogP contribution in [0, 0.1) is 5.41 Å². The standard InChI is InChI=1S/C15H29N3O/c1-12(2)18(9-5-14(16)17)13-6-10-19-15(11-13)7-3-4-8-15/h12-13H,3-11H2,1-2H3,(H3,16,17).